The van der Waals surface area contributed by atoms with E-state index in [2.05, 4.69) is 53.7 Å². The van der Waals surface area contributed by atoms with Crippen LogP contribution in [0.1, 0.15) is 32.8 Å². The smallest absolute Gasteiger partial charge is 0.0325 e. The fraction of sp³-hybridized carbons (Fsp3) is 0.500. The molecule has 0 saturated heterocycles. The minimum absolute atomic E-state index is 0.313. The molecule has 0 atom stereocenters. The first-order valence-corrected chi connectivity index (χ1v) is 7.61. The first kappa shape index (κ1) is 14.6. The number of halogens is 1. The van der Waals surface area contributed by atoms with E-state index in [1.807, 2.05) is 12.1 Å². The molecule has 1 aliphatic rings. The lowest BCUT2D eigenvalue weighted by atomic mass is 9.83. The van der Waals surface area contributed by atoms with E-state index in [9.17, 15) is 0 Å². The van der Waals surface area contributed by atoms with Crippen molar-refractivity contribution in [1.29, 1.82) is 0 Å². The van der Waals surface area contributed by atoms with Gasteiger partial charge in [-0.3, -0.25) is 4.90 Å². The highest BCUT2D eigenvalue weighted by Crippen LogP contribution is 2.31. The van der Waals surface area contributed by atoms with Crippen molar-refractivity contribution in [3.63, 3.8) is 0 Å². The zero-order valence-corrected chi connectivity index (χ0v) is 13.6. The Morgan fingerprint density at radius 3 is 2.58 bits per heavy atom. The maximum Gasteiger partial charge on any atom is 0.0325 e. The van der Waals surface area contributed by atoms with Crippen molar-refractivity contribution in [1.82, 2.24) is 4.90 Å². The molecule has 0 aromatic heterocycles. The molecular formula is C16H23BrN2. The van der Waals surface area contributed by atoms with E-state index in [4.69, 9.17) is 5.73 Å². The molecule has 0 unspecified atom stereocenters. The maximum atomic E-state index is 5.77. The quantitative estimate of drug-likeness (QED) is 0.652. The zero-order valence-electron chi connectivity index (χ0n) is 12.0. The number of rotatable bonds is 2. The summed E-state index contributed by atoms with van der Waals surface area (Å²) in [7, 11) is 0. The lowest BCUT2D eigenvalue weighted by Crippen LogP contribution is -2.31. The van der Waals surface area contributed by atoms with Gasteiger partial charge >= 0.3 is 0 Å². The van der Waals surface area contributed by atoms with E-state index in [0.29, 0.717) is 5.41 Å². The predicted molar refractivity (Wildman–Crippen MR) is 86.0 cm³/mol. The molecule has 0 aliphatic carbocycles. The van der Waals surface area contributed by atoms with Gasteiger partial charge in [-0.1, -0.05) is 54.4 Å². The Bertz CT molecular complexity index is 486. The molecule has 0 spiro atoms. The summed E-state index contributed by atoms with van der Waals surface area (Å²) in [5.41, 5.74) is 9.79. The molecule has 0 amide bonds. The van der Waals surface area contributed by atoms with Crippen molar-refractivity contribution in [3.8, 4) is 0 Å². The molecule has 0 radical (unpaired) electrons. The van der Waals surface area contributed by atoms with Gasteiger partial charge < -0.3 is 5.73 Å². The van der Waals surface area contributed by atoms with Gasteiger partial charge in [-0.2, -0.15) is 0 Å². The summed E-state index contributed by atoms with van der Waals surface area (Å²) in [6, 6.07) is 6.07. The van der Waals surface area contributed by atoms with Gasteiger partial charge in [-0.05, 0) is 29.5 Å². The standard InChI is InChI=1S/C16H23BrN2/c1-16(2,3)13-6-8-19(9-7-13)11-12-4-5-14(18)10-15(12)17/h4-6,10H,7-9,11,18H2,1-3H3. The first-order valence-electron chi connectivity index (χ1n) is 6.82. The molecule has 1 aromatic carbocycles. The minimum Gasteiger partial charge on any atom is -0.399 e. The molecule has 3 heteroatoms. The Morgan fingerprint density at radius 2 is 2.05 bits per heavy atom. The predicted octanol–water partition coefficient (Wildman–Crippen LogP) is 4.21. The SMILES string of the molecule is CC(C)(C)C1=CCN(Cc2ccc(N)cc2Br)CC1. The summed E-state index contributed by atoms with van der Waals surface area (Å²) in [5, 5.41) is 0. The molecule has 2 N–H and O–H groups in total. The number of anilines is 1. The van der Waals surface area contributed by atoms with Gasteiger partial charge in [0, 0.05) is 29.8 Å². The van der Waals surface area contributed by atoms with Crippen LogP contribution in [0.15, 0.2) is 34.3 Å². The summed E-state index contributed by atoms with van der Waals surface area (Å²) in [5.74, 6) is 0. The molecular weight excluding hydrogens is 300 g/mol. The highest BCUT2D eigenvalue weighted by atomic mass is 79.9. The Kier molecular flexibility index (Phi) is 4.36. The molecule has 104 valence electrons. The molecule has 2 nitrogen and oxygen atoms in total. The van der Waals surface area contributed by atoms with Gasteiger partial charge in [0.05, 0.1) is 0 Å². The molecule has 1 aromatic rings. The molecule has 0 saturated carbocycles. The Morgan fingerprint density at radius 1 is 1.32 bits per heavy atom. The third kappa shape index (κ3) is 3.83. The van der Waals surface area contributed by atoms with Gasteiger partial charge in [-0.25, -0.2) is 0 Å². The normalized spacial score (nSPS) is 17.4. The number of benzene rings is 1. The van der Waals surface area contributed by atoms with Crippen LogP contribution in [0.4, 0.5) is 5.69 Å². The number of hydrogen-bond acceptors (Lipinski definition) is 2. The Balaban J connectivity index is 2.01. The van der Waals surface area contributed by atoms with Crippen molar-refractivity contribution >= 4 is 21.6 Å². The second kappa shape index (κ2) is 5.68. The largest absolute Gasteiger partial charge is 0.399 e. The maximum absolute atomic E-state index is 5.77. The molecule has 2 rings (SSSR count). The van der Waals surface area contributed by atoms with Gasteiger partial charge in [0.15, 0.2) is 0 Å². The van der Waals surface area contributed by atoms with Gasteiger partial charge in [0.2, 0.25) is 0 Å². The summed E-state index contributed by atoms with van der Waals surface area (Å²) >= 11 is 3.60. The van der Waals surface area contributed by atoms with Gasteiger partial charge in [-0.15, -0.1) is 0 Å². The molecule has 0 fully saturated rings. The number of nitrogens with zero attached hydrogens (tertiary/aromatic N) is 1. The zero-order chi connectivity index (χ0) is 14.0. The van der Waals surface area contributed by atoms with Crippen LogP contribution in [-0.2, 0) is 6.54 Å². The van der Waals surface area contributed by atoms with Crippen molar-refractivity contribution in [2.45, 2.75) is 33.7 Å². The summed E-state index contributed by atoms with van der Waals surface area (Å²) < 4.78 is 1.11. The van der Waals surface area contributed by atoms with E-state index >= 15 is 0 Å². The van der Waals surface area contributed by atoms with Crippen LogP contribution >= 0.6 is 15.9 Å². The van der Waals surface area contributed by atoms with Crippen LogP contribution in [0, 0.1) is 5.41 Å². The van der Waals surface area contributed by atoms with E-state index in [1.165, 1.54) is 12.0 Å². The monoisotopic (exact) mass is 322 g/mol. The summed E-state index contributed by atoms with van der Waals surface area (Å²) in [6.45, 7) is 10.1. The average molecular weight is 323 g/mol. The molecule has 1 heterocycles. The van der Waals surface area contributed by atoms with E-state index in [1.54, 1.807) is 5.57 Å². The third-order valence-corrected chi connectivity index (χ3v) is 4.47. The number of hydrogen-bond donors (Lipinski definition) is 1. The van der Waals surface area contributed by atoms with E-state index in [-0.39, 0.29) is 0 Å². The van der Waals surface area contributed by atoms with Crippen LogP contribution in [0.3, 0.4) is 0 Å². The molecule has 19 heavy (non-hydrogen) atoms. The van der Waals surface area contributed by atoms with Crippen molar-refractivity contribution < 1.29 is 0 Å². The highest BCUT2D eigenvalue weighted by molar-refractivity contribution is 9.10. The number of nitrogens with two attached hydrogens (primary N) is 1. The minimum atomic E-state index is 0.313. The van der Waals surface area contributed by atoms with Crippen LogP contribution in [0.25, 0.3) is 0 Å². The van der Waals surface area contributed by atoms with Crippen molar-refractivity contribution in [3.05, 3.63) is 39.9 Å². The summed E-state index contributed by atoms with van der Waals surface area (Å²) in [6.07, 6.45) is 3.57. The van der Waals surface area contributed by atoms with E-state index < -0.39 is 0 Å². The molecule has 0 bridgehead atoms. The van der Waals surface area contributed by atoms with Crippen molar-refractivity contribution in [2.75, 3.05) is 18.8 Å². The average Bonchev–Trinajstić information content (AvgIpc) is 2.32. The third-order valence-electron chi connectivity index (χ3n) is 3.73. The topological polar surface area (TPSA) is 29.3 Å². The fourth-order valence-corrected chi connectivity index (χ4v) is 2.99. The van der Waals surface area contributed by atoms with Crippen LogP contribution in [-0.4, -0.2) is 18.0 Å². The molecule has 1 aliphatic heterocycles. The van der Waals surface area contributed by atoms with Gasteiger partial charge in [0.25, 0.3) is 0 Å². The second-order valence-electron chi connectivity index (χ2n) is 6.32. The Hall–Kier alpha value is -0.800. The lowest BCUT2D eigenvalue weighted by molar-refractivity contribution is 0.271. The van der Waals surface area contributed by atoms with E-state index in [0.717, 1.165) is 29.8 Å². The summed E-state index contributed by atoms with van der Waals surface area (Å²) in [4.78, 5) is 2.48. The first-order chi connectivity index (χ1) is 8.86. The fourth-order valence-electron chi connectivity index (χ4n) is 2.47. The lowest BCUT2D eigenvalue weighted by Gasteiger charge is -2.32. The van der Waals surface area contributed by atoms with Crippen LogP contribution in [0.2, 0.25) is 0 Å². The second-order valence-corrected chi connectivity index (χ2v) is 7.17. The van der Waals surface area contributed by atoms with Gasteiger partial charge in [0.1, 0.15) is 0 Å². The van der Waals surface area contributed by atoms with Crippen molar-refractivity contribution in [2.24, 2.45) is 5.41 Å². The van der Waals surface area contributed by atoms with Crippen LogP contribution in [0.5, 0.6) is 0 Å². The highest BCUT2D eigenvalue weighted by Gasteiger charge is 2.21. The Labute approximate surface area is 124 Å². The number of nitrogen functional groups attached to an aromatic ring is 1. The van der Waals surface area contributed by atoms with Crippen LogP contribution < -0.4 is 5.73 Å².